The maximum atomic E-state index is 12.4. The van der Waals surface area contributed by atoms with Crippen molar-refractivity contribution >= 4 is 26.7 Å². The lowest BCUT2D eigenvalue weighted by molar-refractivity contribution is -0.131. The third-order valence-corrected chi connectivity index (χ3v) is 5.59. The summed E-state index contributed by atoms with van der Waals surface area (Å²) in [6, 6.07) is 12.6. The number of amides is 1. The van der Waals surface area contributed by atoms with Crippen molar-refractivity contribution < 1.29 is 13.2 Å². The Bertz CT molecular complexity index is 830. The second kappa shape index (κ2) is 7.29. The molecular formula is C17H21N3O3S. The number of nitrogens with zero attached hydrogens (tertiary/aromatic N) is 1. The van der Waals surface area contributed by atoms with Crippen LogP contribution >= 0.6 is 0 Å². The second-order valence-corrected chi connectivity index (χ2v) is 7.55. The van der Waals surface area contributed by atoms with Crippen molar-refractivity contribution in [3.05, 3.63) is 42.5 Å². The lowest BCUT2D eigenvalue weighted by atomic mass is 10.1. The largest absolute Gasteiger partial charge is 0.340 e. The van der Waals surface area contributed by atoms with Gasteiger partial charge in [0.15, 0.2) is 0 Å². The van der Waals surface area contributed by atoms with Crippen LogP contribution in [0.25, 0.3) is 10.8 Å². The first-order chi connectivity index (χ1) is 11.6. The average Bonchev–Trinajstić information content (AvgIpc) is 2.62. The van der Waals surface area contributed by atoms with Gasteiger partial charge in [0.1, 0.15) is 0 Å². The highest BCUT2D eigenvalue weighted by Crippen LogP contribution is 2.18. The number of carbonyl (C=O) groups excluding carboxylic acids is 1. The van der Waals surface area contributed by atoms with Crippen molar-refractivity contribution in [2.45, 2.75) is 11.3 Å². The topological polar surface area (TPSA) is 78.5 Å². The quantitative estimate of drug-likeness (QED) is 0.844. The van der Waals surface area contributed by atoms with E-state index in [1.54, 1.807) is 23.1 Å². The minimum Gasteiger partial charge on any atom is -0.340 e. The Balaban J connectivity index is 1.61. The summed E-state index contributed by atoms with van der Waals surface area (Å²) in [5.41, 5.74) is 0. The molecule has 2 aromatic carbocycles. The molecule has 128 valence electrons. The summed E-state index contributed by atoms with van der Waals surface area (Å²) in [6.07, 6.45) is 0.173. The number of nitrogens with one attached hydrogen (secondary N) is 2. The average molecular weight is 347 g/mol. The zero-order valence-electron chi connectivity index (χ0n) is 13.4. The number of benzene rings is 2. The first-order valence-corrected chi connectivity index (χ1v) is 9.51. The van der Waals surface area contributed by atoms with Gasteiger partial charge in [0.05, 0.1) is 4.90 Å². The van der Waals surface area contributed by atoms with Crippen LogP contribution in [0.1, 0.15) is 6.42 Å². The number of fused-ring (bicyclic) bond motifs is 1. The summed E-state index contributed by atoms with van der Waals surface area (Å²) in [4.78, 5) is 14.0. The summed E-state index contributed by atoms with van der Waals surface area (Å²) >= 11 is 0. The Hall–Kier alpha value is -1.96. The molecule has 24 heavy (non-hydrogen) atoms. The van der Waals surface area contributed by atoms with Crippen LogP contribution in [-0.4, -0.2) is 51.9 Å². The van der Waals surface area contributed by atoms with Gasteiger partial charge < -0.3 is 10.2 Å². The number of sulfonamides is 1. The third-order valence-electron chi connectivity index (χ3n) is 4.13. The molecule has 1 aliphatic heterocycles. The molecule has 2 aromatic rings. The monoisotopic (exact) mass is 347 g/mol. The Kier molecular flexibility index (Phi) is 5.13. The molecule has 3 rings (SSSR count). The predicted octanol–water partition coefficient (Wildman–Crippen LogP) is 0.940. The predicted molar refractivity (Wildman–Crippen MR) is 93.2 cm³/mol. The van der Waals surface area contributed by atoms with E-state index in [1.165, 1.54) is 0 Å². The van der Waals surface area contributed by atoms with Gasteiger partial charge in [0.25, 0.3) is 0 Å². The fourth-order valence-electron chi connectivity index (χ4n) is 2.78. The molecule has 0 aromatic heterocycles. The van der Waals surface area contributed by atoms with E-state index in [4.69, 9.17) is 0 Å². The van der Waals surface area contributed by atoms with Gasteiger partial charge in [-0.25, -0.2) is 13.1 Å². The lowest BCUT2D eigenvalue weighted by Crippen LogP contribution is -2.47. The smallest absolute Gasteiger partial charge is 0.240 e. The first-order valence-electron chi connectivity index (χ1n) is 8.03. The Morgan fingerprint density at radius 2 is 1.79 bits per heavy atom. The van der Waals surface area contributed by atoms with Gasteiger partial charge in [-0.05, 0) is 22.9 Å². The number of piperazine rings is 1. The number of rotatable bonds is 5. The summed E-state index contributed by atoms with van der Waals surface area (Å²) in [5.74, 6) is -0.0160. The van der Waals surface area contributed by atoms with Gasteiger partial charge in [0, 0.05) is 39.1 Å². The van der Waals surface area contributed by atoms with Crippen LogP contribution in [0.5, 0.6) is 0 Å². The standard InChI is InChI=1S/C17H21N3O3S/c21-17(20-11-9-18-10-12-20)7-8-19-24(22,23)16-6-5-14-3-1-2-4-15(14)13-16/h1-6,13,18-19H,7-12H2. The molecule has 1 fully saturated rings. The highest BCUT2D eigenvalue weighted by atomic mass is 32.2. The molecule has 7 heteroatoms. The minimum absolute atomic E-state index is 0.0160. The second-order valence-electron chi connectivity index (χ2n) is 5.79. The molecular weight excluding hydrogens is 326 g/mol. The molecule has 6 nitrogen and oxygen atoms in total. The number of hydrogen-bond acceptors (Lipinski definition) is 4. The highest BCUT2D eigenvalue weighted by molar-refractivity contribution is 7.89. The van der Waals surface area contributed by atoms with Crippen molar-refractivity contribution in [3.8, 4) is 0 Å². The zero-order chi connectivity index (χ0) is 17.0. The molecule has 0 unspecified atom stereocenters. The van der Waals surface area contributed by atoms with E-state index >= 15 is 0 Å². The molecule has 0 bridgehead atoms. The van der Waals surface area contributed by atoms with Crippen LogP contribution in [0.2, 0.25) is 0 Å². The SMILES string of the molecule is O=C(CCNS(=O)(=O)c1ccc2ccccc2c1)N1CCNCC1. The Labute approximate surface area is 141 Å². The first kappa shape index (κ1) is 16.9. The molecule has 1 aliphatic rings. The van der Waals surface area contributed by atoms with Gasteiger partial charge in [-0.3, -0.25) is 4.79 Å². The molecule has 0 saturated carbocycles. The van der Waals surface area contributed by atoms with Crippen molar-refractivity contribution in [1.29, 1.82) is 0 Å². The van der Waals surface area contributed by atoms with Crippen LogP contribution in [0, 0.1) is 0 Å². The summed E-state index contributed by atoms with van der Waals surface area (Å²) in [5, 5.41) is 5.04. The van der Waals surface area contributed by atoms with Crippen molar-refractivity contribution in [2.24, 2.45) is 0 Å². The Morgan fingerprint density at radius 3 is 2.54 bits per heavy atom. The van der Waals surface area contributed by atoms with E-state index in [-0.39, 0.29) is 23.8 Å². The maximum Gasteiger partial charge on any atom is 0.240 e. The van der Waals surface area contributed by atoms with Gasteiger partial charge in [-0.15, -0.1) is 0 Å². The van der Waals surface area contributed by atoms with Gasteiger partial charge in [-0.1, -0.05) is 30.3 Å². The van der Waals surface area contributed by atoms with Crippen LogP contribution < -0.4 is 10.0 Å². The number of carbonyl (C=O) groups is 1. The van der Waals surface area contributed by atoms with E-state index in [1.807, 2.05) is 24.3 Å². The van der Waals surface area contributed by atoms with Crippen LogP contribution in [0.4, 0.5) is 0 Å². The molecule has 0 atom stereocenters. The molecule has 2 N–H and O–H groups in total. The van der Waals surface area contributed by atoms with Gasteiger partial charge >= 0.3 is 0 Å². The molecule has 1 saturated heterocycles. The van der Waals surface area contributed by atoms with Gasteiger partial charge in [-0.2, -0.15) is 0 Å². The van der Waals surface area contributed by atoms with Crippen LogP contribution in [-0.2, 0) is 14.8 Å². The van der Waals surface area contributed by atoms with E-state index in [0.717, 1.165) is 23.9 Å². The molecule has 0 radical (unpaired) electrons. The van der Waals surface area contributed by atoms with Crippen LogP contribution in [0.15, 0.2) is 47.4 Å². The minimum atomic E-state index is -3.61. The van der Waals surface area contributed by atoms with Crippen molar-refractivity contribution in [1.82, 2.24) is 14.9 Å². The van der Waals surface area contributed by atoms with E-state index in [9.17, 15) is 13.2 Å². The van der Waals surface area contributed by atoms with E-state index in [0.29, 0.717) is 13.1 Å². The highest BCUT2D eigenvalue weighted by Gasteiger charge is 2.18. The van der Waals surface area contributed by atoms with E-state index < -0.39 is 10.0 Å². The third kappa shape index (κ3) is 3.92. The van der Waals surface area contributed by atoms with Crippen molar-refractivity contribution in [2.75, 3.05) is 32.7 Å². The summed E-state index contributed by atoms with van der Waals surface area (Å²) in [6.45, 7) is 3.04. The zero-order valence-corrected chi connectivity index (χ0v) is 14.2. The number of hydrogen-bond donors (Lipinski definition) is 2. The van der Waals surface area contributed by atoms with Crippen LogP contribution in [0.3, 0.4) is 0 Å². The lowest BCUT2D eigenvalue weighted by Gasteiger charge is -2.27. The summed E-state index contributed by atoms with van der Waals surface area (Å²) < 4.78 is 27.3. The normalized spacial score (nSPS) is 15.6. The molecule has 0 aliphatic carbocycles. The Morgan fingerprint density at radius 1 is 1.08 bits per heavy atom. The molecule has 1 amide bonds. The molecule has 1 heterocycles. The van der Waals surface area contributed by atoms with E-state index in [2.05, 4.69) is 10.0 Å². The maximum absolute atomic E-state index is 12.4. The molecule has 0 spiro atoms. The fraction of sp³-hybridized carbons (Fsp3) is 0.353. The summed E-state index contributed by atoms with van der Waals surface area (Å²) in [7, 11) is -3.61. The van der Waals surface area contributed by atoms with Gasteiger partial charge in [0.2, 0.25) is 15.9 Å². The fourth-order valence-corrected chi connectivity index (χ4v) is 3.85. The van der Waals surface area contributed by atoms with Crippen molar-refractivity contribution in [3.63, 3.8) is 0 Å².